The molecule has 16 heavy (non-hydrogen) atoms. The van der Waals surface area contributed by atoms with E-state index in [4.69, 9.17) is 0 Å². The van der Waals surface area contributed by atoms with Crippen molar-refractivity contribution in [2.24, 2.45) is 0 Å². The third-order valence-corrected chi connectivity index (χ3v) is 4.60. The average molecular weight is 347 g/mol. The van der Waals surface area contributed by atoms with E-state index in [2.05, 4.69) is 59.1 Å². The Balaban J connectivity index is 2.17. The zero-order chi connectivity index (χ0) is 11.5. The first-order chi connectivity index (χ1) is 7.68. The van der Waals surface area contributed by atoms with Gasteiger partial charge in [-0.1, -0.05) is 46.9 Å². The summed E-state index contributed by atoms with van der Waals surface area (Å²) in [6.45, 7) is 2.96. The van der Waals surface area contributed by atoms with Crippen molar-refractivity contribution in [2.75, 3.05) is 12.3 Å². The lowest BCUT2D eigenvalue weighted by Gasteiger charge is -2.22. The number of halogens is 1. The molecule has 0 bridgehead atoms. The molecule has 1 N–H and O–H groups in total. The van der Waals surface area contributed by atoms with E-state index in [0.717, 1.165) is 17.9 Å². The lowest BCUT2D eigenvalue weighted by molar-refractivity contribution is -0.120. The van der Waals surface area contributed by atoms with E-state index in [9.17, 15) is 4.79 Å². The zero-order valence-electron chi connectivity index (χ0n) is 9.07. The van der Waals surface area contributed by atoms with Crippen LogP contribution in [-0.4, -0.2) is 18.2 Å². The number of rotatable bonds is 2. The lowest BCUT2D eigenvalue weighted by Crippen LogP contribution is -2.34. The summed E-state index contributed by atoms with van der Waals surface area (Å²) in [4.78, 5) is 11.7. The Bertz CT molecular complexity index is 377. The van der Waals surface area contributed by atoms with Gasteiger partial charge in [-0.15, -0.1) is 11.8 Å². The van der Waals surface area contributed by atoms with Crippen molar-refractivity contribution in [3.8, 4) is 0 Å². The van der Waals surface area contributed by atoms with E-state index < -0.39 is 0 Å². The van der Waals surface area contributed by atoms with E-state index in [1.807, 2.05) is 0 Å². The van der Waals surface area contributed by atoms with Crippen molar-refractivity contribution in [1.82, 2.24) is 5.32 Å². The zero-order valence-corrected chi connectivity index (χ0v) is 12.0. The van der Waals surface area contributed by atoms with Crippen molar-refractivity contribution in [1.29, 1.82) is 0 Å². The van der Waals surface area contributed by atoms with Crippen molar-refractivity contribution in [3.63, 3.8) is 0 Å². The molecule has 86 valence electrons. The molecule has 1 aliphatic heterocycles. The van der Waals surface area contributed by atoms with Gasteiger partial charge in [0, 0.05) is 16.2 Å². The molecular weight excluding hydrogens is 333 g/mol. The van der Waals surface area contributed by atoms with Gasteiger partial charge in [-0.3, -0.25) is 4.79 Å². The summed E-state index contributed by atoms with van der Waals surface area (Å²) >= 11 is 4.12. The molecule has 1 aromatic rings. The SMILES string of the molecule is C[C@H](I)c1ccc(C2SCCNC2=O)cc1. The van der Waals surface area contributed by atoms with Gasteiger partial charge in [0.15, 0.2) is 0 Å². The molecule has 1 fully saturated rings. The van der Waals surface area contributed by atoms with Crippen molar-refractivity contribution >= 4 is 40.3 Å². The summed E-state index contributed by atoms with van der Waals surface area (Å²) < 4.78 is 0.513. The normalized spacial score (nSPS) is 22.6. The largest absolute Gasteiger partial charge is 0.354 e. The van der Waals surface area contributed by atoms with Crippen molar-refractivity contribution in [2.45, 2.75) is 16.1 Å². The van der Waals surface area contributed by atoms with E-state index in [1.165, 1.54) is 5.56 Å². The summed E-state index contributed by atoms with van der Waals surface area (Å²) in [6.07, 6.45) is 0. The molecular formula is C12H14INOS. The number of hydrogen-bond donors (Lipinski definition) is 1. The highest BCUT2D eigenvalue weighted by Crippen LogP contribution is 2.32. The molecule has 1 aliphatic rings. The first-order valence-corrected chi connectivity index (χ1v) is 7.61. The minimum Gasteiger partial charge on any atom is -0.354 e. The fourth-order valence-corrected chi connectivity index (χ4v) is 3.16. The molecule has 1 aromatic carbocycles. The van der Waals surface area contributed by atoms with Crippen molar-refractivity contribution in [3.05, 3.63) is 35.4 Å². The molecule has 2 atom stereocenters. The Morgan fingerprint density at radius 1 is 1.44 bits per heavy atom. The van der Waals surface area contributed by atoms with E-state index in [-0.39, 0.29) is 11.2 Å². The van der Waals surface area contributed by atoms with Crippen LogP contribution >= 0.6 is 34.4 Å². The van der Waals surface area contributed by atoms with Crippen LogP contribution in [0.1, 0.15) is 27.2 Å². The fourth-order valence-electron chi connectivity index (χ4n) is 1.70. The van der Waals surface area contributed by atoms with E-state index >= 15 is 0 Å². The summed E-state index contributed by atoms with van der Waals surface area (Å²) in [5.41, 5.74) is 2.42. The maximum Gasteiger partial charge on any atom is 0.237 e. The number of benzene rings is 1. The highest BCUT2D eigenvalue weighted by atomic mass is 127. The molecule has 4 heteroatoms. The van der Waals surface area contributed by atoms with Crippen LogP contribution in [-0.2, 0) is 4.79 Å². The number of alkyl halides is 1. The predicted molar refractivity (Wildman–Crippen MR) is 77.1 cm³/mol. The van der Waals surface area contributed by atoms with Gasteiger partial charge in [0.2, 0.25) is 5.91 Å². The van der Waals surface area contributed by atoms with Crippen LogP contribution in [0.4, 0.5) is 0 Å². The molecule has 2 nitrogen and oxygen atoms in total. The number of nitrogens with one attached hydrogen (secondary N) is 1. The number of amides is 1. The third-order valence-electron chi connectivity index (χ3n) is 2.62. The van der Waals surface area contributed by atoms with Crippen LogP contribution in [0, 0.1) is 0 Å². The highest BCUT2D eigenvalue weighted by molar-refractivity contribution is 14.1. The van der Waals surface area contributed by atoms with Crippen molar-refractivity contribution < 1.29 is 4.79 Å². The van der Waals surface area contributed by atoms with Crippen LogP contribution in [0.2, 0.25) is 0 Å². The molecule has 1 unspecified atom stereocenters. The Labute approximate surface area is 114 Å². The summed E-state index contributed by atoms with van der Waals surface area (Å²) in [5.74, 6) is 1.15. The second-order valence-electron chi connectivity index (χ2n) is 3.82. The number of carbonyl (C=O) groups excluding carboxylic acids is 1. The minimum atomic E-state index is -0.0210. The van der Waals surface area contributed by atoms with Gasteiger partial charge >= 0.3 is 0 Å². The number of hydrogen-bond acceptors (Lipinski definition) is 2. The predicted octanol–water partition coefficient (Wildman–Crippen LogP) is 3.09. The number of carbonyl (C=O) groups is 1. The quantitative estimate of drug-likeness (QED) is 0.658. The number of thioether (sulfide) groups is 1. The third kappa shape index (κ3) is 2.71. The Kier molecular flexibility index (Phi) is 4.13. The van der Waals surface area contributed by atoms with Crippen LogP contribution in [0.5, 0.6) is 0 Å². The first-order valence-electron chi connectivity index (χ1n) is 5.32. The molecule has 0 saturated carbocycles. The summed E-state index contributed by atoms with van der Waals surface area (Å²) in [7, 11) is 0. The van der Waals surface area contributed by atoms with Crippen LogP contribution < -0.4 is 5.32 Å². The van der Waals surface area contributed by atoms with Gasteiger partial charge in [0.25, 0.3) is 0 Å². The van der Waals surface area contributed by atoms with Gasteiger partial charge in [-0.05, 0) is 18.1 Å². The molecule has 0 spiro atoms. The monoisotopic (exact) mass is 347 g/mol. The molecule has 1 heterocycles. The average Bonchev–Trinajstić information content (AvgIpc) is 2.30. The molecule has 1 amide bonds. The van der Waals surface area contributed by atoms with Gasteiger partial charge in [-0.25, -0.2) is 0 Å². The van der Waals surface area contributed by atoms with E-state index in [0.29, 0.717) is 3.92 Å². The molecule has 0 radical (unpaired) electrons. The lowest BCUT2D eigenvalue weighted by atomic mass is 10.1. The Morgan fingerprint density at radius 3 is 2.69 bits per heavy atom. The van der Waals surface area contributed by atoms with Crippen LogP contribution in [0.3, 0.4) is 0 Å². The topological polar surface area (TPSA) is 29.1 Å². The summed E-state index contributed by atoms with van der Waals surface area (Å²) in [5, 5.41) is 2.89. The standard InChI is InChI=1S/C12H14INOS/c1-8(13)9-2-4-10(5-3-9)11-12(15)14-6-7-16-11/h2-5,8,11H,6-7H2,1H3,(H,14,15)/t8-,11?/m0/s1. The second kappa shape index (κ2) is 5.40. The van der Waals surface area contributed by atoms with Gasteiger partial charge in [0.1, 0.15) is 5.25 Å². The maximum atomic E-state index is 11.7. The molecule has 2 rings (SSSR count). The highest BCUT2D eigenvalue weighted by Gasteiger charge is 2.24. The first kappa shape index (κ1) is 12.2. The molecule has 0 aliphatic carbocycles. The fraction of sp³-hybridized carbons (Fsp3) is 0.417. The van der Waals surface area contributed by atoms with Gasteiger partial charge in [0.05, 0.1) is 0 Å². The van der Waals surface area contributed by atoms with Gasteiger partial charge in [-0.2, -0.15) is 0 Å². The Hall–Kier alpha value is -0.230. The summed E-state index contributed by atoms with van der Waals surface area (Å²) in [6, 6.07) is 8.39. The van der Waals surface area contributed by atoms with Gasteiger partial charge < -0.3 is 5.32 Å². The second-order valence-corrected chi connectivity index (χ2v) is 6.91. The van der Waals surface area contributed by atoms with E-state index in [1.54, 1.807) is 11.8 Å². The molecule has 0 aromatic heterocycles. The Morgan fingerprint density at radius 2 is 2.12 bits per heavy atom. The van der Waals surface area contributed by atoms with Crippen LogP contribution in [0.15, 0.2) is 24.3 Å². The minimum absolute atomic E-state index is 0.0210. The maximum absolute atomic E-state index is 11.7. The molecule has 1 saturated heterocycles. The smallest absolute Gasteiger partial charge is 0.237 e. The van der Waals surface area contributed by atoms with Crippen LogP contribution in [0.25, 0.3) is 0 Å².